The fraction of sp³-hybridized carbons (Fsp3) is 0.500. The van der Waals surface area contributed by atoms with Crippen LogP contribution in [-0.4, -0.2) is 29.8 Å². The molecule has 2 atom stereocenters. The van der Waals surface area contributed by atoms with Crippen LogP contribution >= 0.6 is 0 Å². The summed E-state index contributed by atoms with van der Waals surface area (Å²) >= 11 is 0. The standard InChI is InChI=1S/C18H25N3O3/c1-18(2,3)12-6-4-11(5-7-12)10-14(16(19)23)21-17(24)13-8-9-15(22)20-13/h4-7,13-14H,8-10H2,1-3H3,(H2,19,23)(H,20,22)(H,21,24)/t13-,14-/m0/s1. The van der Waals surface area contributed by atoms with Gasteiger partial charge in [-0.1, -0.05) is 45.0 Å². The van der Waals surface area contributed by atoms with Crippen molar-refractivity contribution in [2.24, 2.45) is 5.73 Å². The minimum atomic E-state index is -0.796. The van der Waals surface area contributed by atoms with Crippen molar-refractivity contribution >= 4 is 17.7 Å². The van der Waals surface area contributed by atoms with Crippen molar-refractivity contribution in [3.8, 4) is 0 Å². The smallest absolute Gasteiger partial charge is 0.243 e. The molecule has 0 radical (unpaired) electrons. The highest BCUT2D eigenvalue weighted by Crippen LogP contribution is 2.22. The predicted octanol–water partition coefficient (Wildman–Crippen LogP) is 0.775. The summed E-state index contributed by atoms with van der Waals surface area (Å²) in [5.74, 6) is -1.10. The summed E-state index contributed by atoms with van der Waals surface area (Å²) in [6, 6.07) is 6.55. The van der Waals surface area contributed by atoms with Crippen molar-refractivity contribution in [3.63, 3.8) is 0 Å². The highest BCUT2D eigenvalue weighted by molar-refractivity contribution is 5.93. The highest BCUT2D eigenvalue weighted by Gasteiger charge is 2.29. The number of primary amides is 1. The van der Waals surface area contributed by atoms with E-state index < -0.39 is 18.0 Å². The molecule has 2 rings (SSSR count). The van der Waals surface area contributed by atoms with E-state index in [-0.39, 0.29) is 17.2 Å². The lowest BCUT2D eigenvalue weighted by Gasteiger charge is -2.21. The second-order valence-corrected chi connectivity index (χ2v) is 7.27. The zero-order valence-electron chi connectivity index (χ0n) is 14.4. The van der Waals surface area contributed by atoms with E-state index >= 15 is 0 Å². The lowest BCUT2D eigenvalue weighted by Crippen LogP contribution is -2.51. The molecule has 6 nitrogen and oxygen atoms in total. The van der Waals surface area contributed by atoms with E-state index in [9.17, 15) is 14.4 Å². The van der Waals surface area contributed by atoms with Crippen LogP contribution in [0.2, 0.25) is 0 Å². The van der Waals surface area contributed by atoms with E-state index in [4.69, 9.17) is 5.73 Å². The Morgan fingerprint density at radius 3 is 2.38 bits per heavy atom. The van der Waals surface area contributed by atoms with E-state index in [1.165, 1.54) is 5.56 Å². The molecule has 0 bridgehead atoms. The van der Waals surface area contributed by atoms with Gasteiger partial charge >= 0.3 is 0 Å². The Balaban J connectivity index is 2.02. The van der Waals surface area contributed by atoms with Gasteiger partial charge in [-0.3, -0.25) is 14.4 Å². The van der Waals surface area contributed by atoms with Crippen LogP contribution in [0.3, 0.4) is 0 Å². The molecule has 1 aliphatic heterocycles. The molecule has 1 aliphatic rings. The third kappa shape index (κ3) is 4.57. The first-order valence-electron chi connectivity index (χ1n) is 8.15. The van der Waals surface area contributed by atoms with Crippen molar-refractivity contribution in [2.75, 3.05) is 0 Å². The summed E-state index contributed by atoms with van der Waals surface area (Å²) < 4.78 is 0. The summed E-state index contributed by atoms with van der Waals surface area (Å²) in [4.78, 5) is 35.0. The molecule has 24 heavy (non-hydrogen) atoms. The quantitative estimate of drug-likeness (QED) is 0.743. The van der Waals surface area contributed by atoms with Crippen LogP contribution in [0.4, 0.5) is 0 Å². The largest absolute Gasteiger partial charge is 0.368 e. The van der Waals surface area contributed by atoms with Crippen LogP contribution < -0.4 is 16.4 Å². The van der Waals surface area contributed by atoms with E-state index in [0.29, 0.717) is 19.3 Å². The average Bonchev–Trinajstić information content (AvgIpc) is 2.92. The number of rotatable bonds is 5. The molecule has 0 aliphatic carbocycles. The average molecular weight is 331 g/mol. The number of benzene rings is 1. The van der Waals surface area contributed by atoms with Crippen molar-refractivity contribution in [3.05, 3.63) is 35.4 Å². The first-order valence-corrected chi connectivity index (χ1v) is 8.15. The molecule has 1 aromatic carbocycles. The second kappa shape index (κ2) is 7.03. The van der Waals surface area contributed by atoms with Crippen LogP contribution in [0.5, 0.6) is 0 Å². The summed E-state index contributed by atoms with van der Waals surface area (Å²) in [5, 5.41) is 5.23. The molecular formula is C18H25N3O3. The van der Waals surface area contributed by atoms with E-state index in [1.807, 2.05) is 24.3 Å². The molecule has 6 heteroatoms. The lowest BCUT2D eigenvalue weighted by molar-refractivity contribution is -0.129. The Bertz CT molecular complexity index is 632. The number of hydrogen-bond donors (Lipinski definition) is 3. The minimum absolute atomic E-state index is 0.0521. The SMILES string of the molecule is CC(C)(C)c1ccc(C[C@H](NC(=O)[C@@H]2CCC(=O)N2)C(N)=O)cc1. The normalized spacial score (nSPS) is 18.8. The summed E-state index contributed by atoms with van der Waals surface area (Å²) in [6.07, 6.45) is 1.09. The van der Waals surface area contributed by atoms with Crippen LogP contribution in [0.15, 0.2) is 24.3 Å². The second-order valence-electron chi connectivity index (χ2n) is 7.27. The lowest BCUT2D eigenvalue weighted by atomic mass is 9.86. The molecular weight excluding hydrogens is 306 g/mol. The van der Waals surface area contributed by atoms with Gasteiger partial charge in [-0.05, 0) is 23.0 Å². The van der Waals surface area contributed by atoms with E-state index in [0.717, 1.165) is 5.56 Å². The summed E-state index contributed by atoms with van der Waals surface area (Å²) in [6.45, 7) is 6.39. The van der Waals surface area contributed by atoms with Gasteiger partial charge < -0.3 is 16.4 Å². The maximum atomic E-state index is 12.1. The highest BCUT2D eigenvalue weighted by atomic mass is 16.2. The third-order valence-electron chi connectivity index (χ3n) is 4.23. The number of amides is 3. The van der Waals surface area contributed by atoms with Crippen molar-refractivity contribution in [1.82, 2.24) is 10.6 Å². The molecule has 1 heterocycles. The van der Waals surface area contributed by atoms with Crippen LogP contribution in [0.1, 0.15) is 44.7 Å². The Hall–Kier alpha value is -2.37. The zero-order chi connectivity index (χ0) is 17.9. The van der Waals surface area contributed by atoms with Gasteiger partial charge in [0.25, 0.3) is 0 Å². The third-order valence-corrected chi connectivity index (χ3v) is 4.23. The van der Waals surface area contributed by atoms with Gasteiger partial charge in [0.2, 0.25) is 17.7 Å². The van der Waals surface area contributed by atoms with Gasteiger partial charge in [0, 0.05) is 12.8 Å². The first-order chi connectivity index (χ1) is 11.2. The molecule has 1 aromatic rings. The monoisotopic (exact) mass is 331 g/mol. The maximum absolute atomic E-state index is 12.1. The fourth-order valence-corrected chi connectivity index (χ4v) is 2.68. The van der Waals surface area contributed by atoms with Gasteiger partial charge in [-0.15, -0.1) is 0 Å². The molecule has 4 N–H and O–H groups in total. The Kier molecular flexibility index (Phi) is 5.26. The first kappa shape index (κ1) is 18.0. The molecule has 1 saturated heterocycles. The molecule has 0 spiro atoms. The van der Waals surface area contributed by atoms with Crippen LogP contribution in [-0.2, 0) is 26.2 Å². The Morgan fingerprint density at radius 2 is 1.92 bits per heavy atom. The molecule has 0 unspecified atom stereocenters. The van der Waals surface area contributed by atoms with Crippen molar-refractivity contribution in [2.45, 2.75) is 57.5 Å². The summed E-state index contributed by atoms with van der Waals surface area (Å²) in [7, 11) is 0. The number of carbonyl (C=O) groups excluding carboxylic acids is 3. The van der Waals surface area contributed by atoms with Crippen molar-refractivity contribution in [1.29, 1.82) is 0 Å². The number of nitrogens with two attached hydrogens (primary N) is 1. The Morgan fingerprint density at radius 1 is 1.29 bits per heavy atom. The van der Waals surface area contributed by atoms with Crippen LogP contribution in [0.25, 0.3) is 0 Å². The molecule has 130 valence electrons. The van der Waals surface area contributed by atoms with E-state index in [2.05, 4.69) is 31.4 Å². The number of carbonyl (C=O) groups is 3. The Labute approximate surface area is 142 Å². The fourth-order valence-electron chi connectivity index (χ4n) is 2.68. The summed E-state index contributed by atoms with van der Waals surface area (Å²) in [5.41, 5.74) is 7.58. The van der Waals surface area contributed by atoms with Crippen molar-refractivity contribution < 1.29 is 14.4 Å². The molecule has 3 amide bonds. The minimum Gasteiger partial charge on any atom is -0.368 e. The van der Waals surface area contributed by atoms with Crippen LogP contribution in [0, 0.1) is 0 Å². The van der Waals surface area contributed by atoms with Gasteiger partial charge in [0.1, 0.15) is 12.1 Å². The van der Waals surface area contributed by atoms with Gasteiger partial charge in [-0.2, -0.15) is 0 Å². The molecule has 0 saturated carbocycles. The number of nitrogens with one attached hydrogen (secondary N) is 2. The van der Waals surface area contributed by atoms with Gasteiger partial charge in [0.15, 0.2) is 0 Å². The van der Waals surface area contributed by atoms with E-state index in [1.54, 1.807) is 0 Å². The zero-order valence-corrected chi connectivity index (χ0v) is 14.4. The van der Waals surface area contributed by atoms with Gasteiger partial charge in [-0.25, -0.2) is 0 Å². The van der Waals surface area contributed by atoms with Gasteiger partial charge in [0.05, 0.1) is 0 Å². The molecule has 1 fully saturated rings. The molecule has 0 aromatic heterocycles. The predicted molar refractivity (Wildman–Crippen MR) is 91.1 cm³/mol. The number of hydrogen-bond acceptors (Lipinski definition) is 3. The maximum Gasteiger partial charge on any atom is 0.243 e. The topological polar surface area (TPSA) is 101 Å².